The molecule has 1 heterocycles. The van der Waals surface area contributed by atoms with Crippen molar-refractivity contribution < 1.29 is 36.9 Å². The molecule has 2 aromatic carbocycles. The van der Waals surface area contributed by atoms with E-state index in [1.807, 2.05) is 0 Å². The summed E-state index contributed by atoms with van der Waals surface area (Å²) >= 11 is 0. The van der Waals surface area contributed by atoms with Gasteiger partial charge in [-0.3, -0.25) is 9.69 Å². The number of hydrogen-bond acceptors (Lipinski definition) is 9. The van der Waals surface area contributed by atoms with Crippen molar-refractivity contribution in [3.8, 4) is 5.75 Å². The van der Waals surface area contributed by atoms with Crippen LogP contribution in [0.5, 0.6) is 5.75 Å². The molecule has 0 bridgehead atoms. The normalized spacial score (nSPS) is 18.8. The third kappa shape index (κ3) is 10.9. The van der Waals surface area contributed by atoms with E-state index in [0.29, 0.717) is 88.6 Å². The Balaban J connectivity index is 1.10. The van der Waals surface area contributed by atoms with Gasteiger partial charge in [-0.05, 0) is 80.6 Å². The molecule has 0 saturated carbocycles. The number of fused-ring (bicyclic) bond motifs is 1. The number of piperidine rings is 1. The van der Waals surface area contributed by atoms with E-state index in [2.05, 4.69) is 29.2 Å². The Bertz CT molecular complexity index is 1230. The van der Waals surface area contributed by atoms with Crippen LogP contribution in [0.4, 0.5) is 0 Å². The molecule has 2 atom stereocenters. The molecule has 2 aliphatic rings. The Morgan fingerprint density at radius 2 is 1.45 bits per heavy atom. The number of carbonyl (C=O) groups excluding carboxylic acids is 1. The lowest BCUT2D eigenvalue weighted by atomic mass is 10.0. The lowest BCUT2D eigenvalue weighted by Gasteiger charge is -2.35. The molecule has 1 saturated heterocycles. The van der Waals surface area contributed by atoms with Crippen LogP contribution in [0.15, 0.2) is 53.4 Å². The van der Waals surface area contributed by atoms with Crippen molar-refractivity contribution in [3.05, 3.63) is 59.7 Å². The van der Waals surface area contributed by atoms with Crippen molar-refractivity contribution in [2.24, 2.45) is 0 Å². The van der Waals surface area contributed by atoms with Crippen molar-refractivity contribution in [2.75, 3.05) is 72.2 Å². The number of methoxy groups -OCH3 is 1. The van der Waals surface area contributed by atoms with E-state index in [1.165, 1.54) is 30.4 Å². The first-order chi connectivity index (χ1) is 21.5. The molecule has 244 valence electrons. The van der Waals surface area contributed by atoms with Crippen LogP contribution in [0.1, 0.15) is 62.2 Å². The van der Waals surface area contributed by atoms with Gasteiger partial charge in [0.1, 0.15) is 17.6 Å². The molecule has 0 amide bonds. The minimum Gasteiger partial charge on any atom is -0.484 e. The Labute approximate surface area is 263 Å². The third-order valence-electron chi connectivity index (χ3n) is 8.22. The SMILES string of the molecule is COCCC(=O)CCCOCCOCCOCCCS(=O)(=O)c1ccc(O[C@H]2c3ccccc3C[C@@H]2N2CCCCC2)cc1. The van der Waals surface area contributed by atoms with Crippen molar-refractivity contribution in [1.82, 2.24) is 4.90 Å². The van der Waals surface area contributed by atoms with Crippen LogP contribution in [0.2, 0.25) is 0 Å². The molecule has 1 fully saturated rings. The molecule has 0 unspecified atom stereocenters. The lowest BCUT2D eigenvalue weighted by molar-refractivity contribution is -0.120. The zero-order chi connectivity index (χ0) is 31.0. The van der Waals surface area contributed by atoms with E-state index in [9.17, 15) is 13.2 Å². The maximum atomic E-state index is 12.9. The summed E-state index contributed by atoms with van der Waals surface area (Å²) in [5.74, 6) is 0.893. The molecule has 0 N–H and O–H groups in total. The first kappa shape index (κ1) is 34.5. The fourth-order valence-electron chi connectivity index (χ4n) is 5.85. The quantitative estimate of drug-likeness (QED) is 0.180. The number of nitrogens with zero attached hydrogens (tertiary/aromatic N) is 1. The molecule has 10 heteroatoms. The first-order valence-electron chi connectivity index (χ1n) is 16.0. The number of ether oxygens (including phenoxy) is 5. The molecule has 0 aromatic heterocycles. The first-order valence-corrected chi connectivity index (χ1v) is 17.7. The van der Waals surface area contributed by atoms with Crippen molar-refractivity contribution in [3.63, 3.8) is 0 Å². The molecule has 1 aliphatic carbocycles. The van der Waals surface area contributed by atoms with Gasteiger partial charge in [0.15, 0.2) is 9.84 Å². The summed E-state index contributed by atoms with van der Waals surface area (Å²) in [6, 6.07) is 15.7. The number of hydrogen-bond donors (Lipinski definition) is 0. The molecule has 0 spiro atoms. The average Bonchev–Trinajstić information content (AvgIpc) is 3.41. The van der Waals surface area contributed by atoms with Crippen molar-refractivity contribution in [2.45, 2.75) is 68.4 Å². The molecule has 1 aliphatic heterocycles. The summed E-state index contributed by atoms with van der Waals surface area (Å²) in [7, 11) is -1.84. The van der Waals surface area contributed by atoms with Gasteiger partial charge < -0.3 is 23.7 Å². The number of likely N-dealkylation sites (tertiary alicyclic amines) is 1. The predicted octanol–water partition coefficient (Wildman–Crippen LogP) is 4.82. The van der Waals surface area contributed by atoms with E-state index in [4.69, 9.17) is 23.7 Å². The minimum atomic E-state index is -3.42. The molecule has 4 rings (SSSR count). The Hall–Kier alpha value is -2.34. The number of Topliss-reactive ketones (excluding diaryl/α,β-unsaturated/α-hetero) is 1. The summed E-state index contributed by atoms with van der Waals surface area (Å²) in [5.41, 5.74) is 2.57. The summed E-state index contributed by atoms with van der Waals surface area (Å²) in [5, 5.41) is 0. The predicted molar refractivity (Wildman–Crippen MR) is 169 cm³/mol. The monoisotopic (exact) mass is 631 g/mol. The van der Waals surface area contributed by atoms with E-state index in [1.54, 1.807) is 31.4 Å². The van der Waals surface area contributed by atoms with Crippen LogP contribution < -0.4 is 4.74 Å². The highest BCUT2D eigenvalue weighted by atomic mass is 32.2. The molecular formula is C34H49NO8S. The summed E-state index contributed by atoms with van der Waals surface area (Å²) in [4.78, 5) is 14.4. The van der Waals surface area contributed by atoms with Gasteiger partial charge in [0.05, 0.1) is 49.7 Å². The zero-order valence-electron chi connectivity index (χ0n) is 26.1. The third-order valence-corrected chi connectivity index (χ3v) is 10.0. The standard InChI is InChI=1S/C34H49NO8S/c1-39-21-16-29(36)10-7-19-40-22-24-42-25-23-41-20-8-26-44(37,38)31-14-12-30(13-15-31)43-34-32-11-4-3-9-28(32)27-33(34)35-17-5-2-6-18-35/h3-4,9,11-15,33-34H,2,5-8,10,16-27H2,1H3/t33-,34-/m0/s1. The van der Waals surface area contributed by atoms with Gasteiger partial charge in [0.2, 0.25) is 0 Å². The van der Waals surface area contributed by atoms with Crippen LogP contribution in [-0.4, -0.2) is 97.3 Å². The number of ketones is 1. The number of sulfone groups is 1. The Morgan fingerprint density at radius 3 is 2.16 bits per heavy atom. The van der Waals surface area contributed by atoms with E-state index >= 15 is 0 Å². The topological polar surface area (TPSA) is 101 Å². The van der Waals surface area contributed by atoms with Gasteiger partial charge >= 0.3 is 0 Å². The van der Waals surface area contributed by atoms with E-state index < -0.39 is 9.84 Å². The maximum absolute atomic E-state index is 12.9. The van der Waals surface area contributed by atoms with Crippen LogP contribution in [0, 0.1) is 0 Å². The molecule has 44 heavy (non-hydrogen) atoms. The van der Waals surface area contributed by atoms with Crippen LogP contribution in [0.25, 0.3) is 0 Å². The average molecular weight is 632 g/mol. The highest BCUT2D eigenvalue weighted by Gasteiger charge is 2.38. The van der Waals surface area contributed by atoms with Crippen LogP contribution in [0.3, 0.4) is 0 Å². The molecule has 0 radical (unpaired) electrons. The van der Waals surface area contributed by atoms with Crippen LogP contribution >= 0.6 is 0 Å². The van der Waals surface area contributed by atoms with Gasteiger partial charge in [-0.15, -0.1) is 0 Å². The fourth-order valence-corrected chi connectivity index (χ4v) is 7.13. The van der Waals surface area contributed by atoms with Crippen molar-refractivity contribution in [1.29, 1.82) is 0 Å². The van der Waals surface area contributed by atoms with Crippen molar-refractivity contribution >= 4 is 15.6 Å². The number of rotatable bonds is 21. The van der Waals surface area contributed by atoms with Crippen LogP contribution in [-0.2, 0) is 40.0 Å². The number of carbonyl (C=O) groups is 1. The second-order valence-electron chi connectivity index (χ2n) is 11.5. The number of benzene rings is 2. The van der Waals surface area contributed by atoms with Gasteiger partial charge in [0, 0.05) is 33.2 Å². The summed E-state index contributed by atoms with van der Waals surface area (Å²) < 4.78 is 53.8. The second kappa shape index (κ2) is 18.6. The van der Waals surface area contributed by atoms with Gasteiger partial charge in [-0.2, -0.15) is 0 Å². The maximum Gasteiger partial charge on any atom is 0.178 e. The Kier molecular flexibility index (Phi) is 14.6. The Morgan fingerprint density at radius 1 is 0.795 bits per heavy atom. The highest BCUT2D eigenvalue weighted by Crippen LogP contribution is 2.39. The van der Waals surface area contributed by atoms with Gasteiger partial charge in [0.25, 0.3) is 0 Å². The highest BCUT2D eigenvalue weighted by molar-refractivity contribution is 7.91. The van der Waals surface area contributed by atoms with E-state index in [-0.39, 0.29) is 17.6 Å². The molecular weight excluding hydrogens is 582 g/mol. The fraction of sp³-hybridized carbons (Fsp3) is 0.618. The largest absolute Gasteiger partial charge is 0.484 e. The minimum absolute atomic E-state index is 0.0168. The zero-order valence-corrected chi connectivity index (χ0v) is 26.9. The molecule has 2 aromatic rings. The van der Waals surface area contributed by atoms with E-state index in [0.717, 1.165) is 19.5 Å². The van der Waals surface area contributed by atoms with Gasteiger partial charge in [-0.25, -0.2) is 8.42 Å². The molecule has 9 nitrogen and oxygen atoms in total. The summed E-state index contributed by atoms with van der Waals surface area (Å²) in [6.45, 7) is 5.24. The summed E-state index contributed by atoms with van der Waals surface area (Å²) in [6.07, 6.45) is 6.71. The second-order valence-corrected chi connectivity index (χ2v) is 13.6. The van der Waals surface area contributed by atoms with Gasteiger partial charge in [-0.1, -0.05) is 30.7 Å². The lowest BCUT2D eigenvalue weighted by Crippen LogP contribution is -2.43. The smallest absolute Gasteiger partial charge is 0.178 e.